The number of nitrogens with two attached hydrogens (primary N) is 1. The van der Waals surface area contributed by atoms with E-state index in [9.17, 15) is 13.2 Å². The standard InChI is InChI=1S/C15H12N2O3S/c16-21(19,20)14-4-2-1-3-12(14)15(18)11-6-5-10-7-8-17-13(10)9-11/h1-9,17H,(H2,16,19,20). The van der Waals surface area contributed by atoms with E-state index in [2.05, 4.69) is 4.98 Å². The number of hydrogen-bond acceptors (Lipinski definition) is 3. The minimum atomic E-state index is -3.95. The van der Waals surface area contributed by atoms with Gasteiger partial charge in [0.2, 0.25) is 10.0 Å². The molecule has 21 heavy (non-hydrogen) atoms. The summed E-state index contributed by atoms with van der Waals surface area (Å²) in [5, 5.41) is 6.14. The molecule has 1 aromatic heterocycles. The highest BCUT2D eigenvalue weighted by Crippen LogP contribution is 2.21. The number of fused-ring (bicyclic) bond motifs is 1. The summed E-state index contributed by atoms with van der Waals surface area (Å²) in [7, 11) is -3.95. The molecular weight excluding hydrogens is 288 g/mol. The van der Waals surface area contributed by atoms with Crippen LogP contribution in [0.15, 0.2) is 59.6 Å². The van der Waals surface area contributed by atoms with Crippen LogP contribution < -0.4 is 5.14 Å². The largest absolute Gasteiger partial charge is 0.361 e. The highest BCUT2D eigenvalue weighted by Gasteiger charge is 2.20. The van der Waals surface area contributed by atoms with E-state index in [1.165, 1.54) is 18.2 Å². The van der Waals surface area contributed by atoms with Crippen molar-refractivity contribution in [2.24, 2.45) is 5.14 Å². The summed E-state index contributed by atoms with van der Waals surface area (Å²) in [4.78, 5) is 15.4. The van der Waals surface area contributed by atoms with Crippen molar-refractivity contribution >= 4 is 26.7 Å². The number of benzene rings is 2. The van der Waals surface area contributed by atoms with Gasteiger partial charge in [0.15, 0.2) is 5.78 Å². The predicted molar refractivity (Wildman–Crippen MR) is 79.5 cm³/mol. The van der Waals surface area contributed by atoms with Crippen LogP contribution in [-0.2, 0) is 10.0 Å². The van der Waals surface area contributed by atoms with Crippen molar-refractivity contribution in [3.63, 3.8) is 0 Å². The molecule has 5 nitrogen and oxygen atoms in total. The topological polar surface area (TPSA) is 93.0 Å². The number of carbonyl (C=O) groups excluding carboxylic acids is 1. The lowest BCUT2D eigenvalue weighted by molar-refractivity contribution is 0.103. The third-order valence-corrected chi connectivity index (χ3v) is 4.22. The average molecular weight is 300 g/mol. The maximum Gasteiger partial charge on any atom is 0.238 e. The molecule has 106 valence electrons. The third-order valence-electron chi connectivity index (χ3n) is 3.26. The molecule has 0 saturated carbocycles. The summed E-state index contributed by atoms with van der Waals surface area (Å²) in [6, 6.07) is 13.0. The van der Waals surface area contributed by atoms with E-state index in [-0.39, 0.29) is 16.2 Å². The predicted octanol–water partition coefficient (Wildman–Crippen LogP) is 2.05. The van der Waals surface area contributed by atoms with Gasteiger partial charge in [-0.3, -0.25) is 4.79 Å². The first-order chi connectivity index (χ1) is 9.97. The highest BCUT2D eigenvalue weighted by molar-refractivity contribution is 7.89. The molecule has 0 amide bonds. The highest BCUT2D eigenvalue weighted by atomic mass is 32.2. The molecule has 0 aliphatic carbocycles. The van der Waals surface area contributed by atoms with Gasteiger partial charge in [0, 0.05) is 22.8 Å². The second kappa shape index (κ2) is 4.83. The van der Waals surface area contributed by atoms with Crippen LogP contribution in [0.1, 0.15) is 15.9 Å². The Labute approximate surface area is 121 Å². The first kappa shape index (κ1) is 13.5. The van der Waals surface area contributed by atoms with Gasteiger partial charge in [-0.1, -0.05) is 24.3 Å². The molecule has 3 N–H and O–H groups in total. The Morgan fingerprint density at radius 3 is 2.57 bits per heavy atom. The van der Waals surface area contributed by atoms with Crippen LogP contribution in [0.4, 0.5) is 0 Å². The van der Waals surface area contributed by atoms with Gasteiger partial charge >= 0.3 is 0 Å². The number of rotatable bonds is 3. The van der Waals surface area contributed by atoms with Crippen molar-refractivity contribution in [2.45, 2.75) is 4.90 Å². The summed E-state index contributed by atoms with van der Waals surface area (Å²) in [5.41, 5.74) is 1.29. The minimum absolute atomic E-state index is 0.0749. The van der Waals surface area contributed by atoms with Crippen molar-refractivity contribution in [3.8, 4) is 0 Å². The molecule has 0 saturated heterocycles. The first-order valence-electron chi connectivity index (χ1n) is 6.20. The van der Waals surface area contributed by atoms with Crippen LogP contribution in [0.25, 0.3) is 10.9 Å². The summed E-state index contributed by atoms with van der Waals surface area (Å²) in [6.07, 6.45) is 1.78. The van der Waals surface area contributed by atoms with E-state index in [1.807, 2.05) is 6.07 Å². The van der Waals surface area contributed by atoms with Crippen molar-refractivity contribution in [2.75, 3.05) is 0 Å². The third kappa shape index (κ3) is 2.46. The molecular formula is C15H12N2O3S. The molecule has 2 aromatic carbocycles. The van der Waals surface area contributed by atoms with Gasteiger partial charge < -0.3 is 4.98 Å². The molecule has 0 aliphatic heterocycles. The average Bonchev–Trinajstić information content (AvgIpc) is 2.93. The SMILES string of the molecule is NS(=O)(=O)c1ccccc1C(=O)c1ccc2cc[nH]c2c1. The molecule has 1 heterocycles. The summed E-state index contributed by atoms with van der Waals surface area (Å²) in [5.74, 6) is -0.379. The van der Waals surface area contributed by atoms with E-state index in [1.54, 1.807) is 30.5 Å². The van der Waals surface area contributed by atoms with Gasteiger partial charge in [-0.25, -0.2) is 13.6 Å². The van der Waals surface area contributed by atoms with Crippen molar-refractivity contribution in [1.82, 2.24) is 4.98 Å². The van der Waals surface area contributed by atoms with Crippen LogP contribution in [0.3, 0.4) is 0 Å². The van der Waals surface area contributed by atoms with E-state index >= 15 is 0 Å². The zero-order valence-corrected chi connectivity index (χ0v) is 11.7. The summed E-state index contributed by atoms with van der Waals surface area (Å²) < 4.78 is 23.2. The number of aromatic amines is 1. The fraction of sp³-hybridized carbons (Fsp3) is 0. The minimum Gasteiger partial charge on any atom is -0.361 e. The number of carbonyl (C=O) groups is 1. The Bertz CT molecular complexity index is 942. The Balaban J connectivity index is 2.14. The fourth-order valence-corrected chi connectivity index (χ4v) is 2.98. The molecule has 3 aromatic rings. The first-order valence-corrected chi connectivity index (χ1v) is 7.75. The number of aromatic nitrogens is 1. The molecule has 0 spiro atoms. The maximum atomic E-state index is 12.5. The van der Waals surface area contributed by atoms with Gasteiger partial charge in [-0.2, -0.15) is 0 Å². The number of H-pyrrole nitrogens is 1. The molecule has 0 fully saturated rings. The van der Waals surface area contributed by atoms with Crippen LogP contribution in [0.2, 0.25) is 0 Å². The van der Waals surface area contributed by atoms with E-state index in [4.69, 9.17) is 5.14 Å². The Hall–Kier alpha value is -2.44. The lowest BCUT2D eigenvalue weighted by Gasteiger charge is -2.07. The molecule has 0 unspecified atom stereocenters. The second-order valence-corrected chi connectivity index (χ2v) is 6.18. The smallest absolute Gasteiger partial charge is 0.238 e. The number of primary sulfonamides is 1. The quantitative estimate of drug-likeness (QED) is 0.725. The maximum absolute atomic E-state index is 12.5. The molecule has 6 heteroatoms. The van der Waals surface area contributed by atoms with Crippen molar-refractivity contribution in [1.29, 1.82) is 0 Å². The molecule has 3 rings (SSSR count). The van der Waals surface area contributed by atoms with Gasteiger partial charge in [0.05, 0.1) is 4.90 Å². The van der Waals surface area contributed by atoms with Crippen LogP contribution in [0, 0.1) is 0 Å². The van der Waals surface area contributed by atoms with Crippen LogP contribution in [0.5, 0.6) is 0 Å². The van der Waals surface area contributed by atoms with Crippen LogP contribution >= 0.6 is 0 Å². The normalized spacial score (nSPS) is 11.7. The second-order valence-electron chi connectivity index (χ2n) is 4.65. The zero-order chi connectivity index (χ0) is 15.0. The van der Waals surface area contributed by atoms with Crippen LogP contribution in [-0.4, -0.2) is 19.2 Å². The van der Waals surface area contributed by atoms with E-state index in [0.29, 0.717) is 5.56 Å². The van der Waals surface area contributed by atoms with Gasteiger partial charge in [-0.15, -0.1) is 0 Å². The van der Waals surface area contributed by atoms with Gasteiger partial charge in [0.25, 0.3) is 0 Å². The lowest BCUT2D eigenvalue weighted by Crippen LogP contribution is -2.17. The van der Waals surface area contributed by atoms with E-state index < -0.39 is 10.0 Å². The summed E-state index contributed by atoms with van der Waals surface area (Å²) in [6.45, 7) is 0. The fourth-order valence-electron chi connectivity index (χ4n) is 2.25. The summed E-state index contributed by atoms with van der Waals surface area (Å²) >= 11 is 0. The number of ketones is 1. The Kier molecular flexibility index (Phi) is 3.12. The molecule has 0 bridgehead atoms. The lowest BCUT2D eigenvalue weighted by atomic mass is 10.0. The Morgan fingerprint density at radius 1 is 1.05 bits per heavy atom. The number of hydrogen-bond donors (Lipinski definition) is 2. The molecule has 0 radical (unpaired) electrons. The Morgan fingerprint density at radius 2 is 1.81 bits per heavy atom. The monoisotopic (exact) mass is 300 g/mol. The van der Waals surface area contributed by atoms with Crippen molar-refractivity contribution in [3.05, 3.63) is 65.9 Å². The molecule has 0 aliphatic rings. The zero-order valence-electron chi connectivity index (χ0n) is 10.9. The number of sulfonamides is 1. The number of nitrogens with one attached hydrogen (secondary N) is 1. The van der Waals surface area contributed by atoms with Gasteiger partial charge in [-0.05, 0) is 29.7 Å². The van der Waals surface area contributed by atoms with Crippen molar-refractivity contribution < 1.29 is 13.2 Å². The van der Waals surface area contributed by atoms with Gasteiger partial charge in [0.1, 0.15) is 0 Å². The van der Waals surface area contributed by atoms with E-state index in [0.717, 1.165) is 10.9 Å². The molecule has 0 atom stereocenters.